The number of carbonyl (C=O) groups excluding carboxylic acids is 5. The molecule has 3 aliphatic heterocycles. The van der Waals surface area contributed by atoms with Crippen LogP contribution >= 0.6 is 0 Å². The number of benzene rings is 3. The van der Waals surface area contributed by atoms with Gasteiger partial charge >= 0.3 is 5.97 Å². The van der Waals surface area contributed by atoms with E-state index in [0.29, 0.717) is 48.6 Å². The number of fused-ring (bicyclic) bond motifs is 1. The van der Waals surface area contributed by atoms with Gasteiger partial charge in [-0.05, 0) is 78.9 Å². The largest absolute Gasteiger partial charge is 0.478 e. The number of piperidine rings is 1. The van der Waals surface area contributed by atoms with Crippen molar-refractivity contribution in [2.75, 3.05) is 31.1 Å². The number of carbonyl (C=O) groups is 6. The molecule has 6 rings (SSSR count). The fourth-order valence-electron chi connectivity index (χ4n) is 5.69. The number of amides is 5. The third-order valence-corrected chi connectivity index (χ3v) is 8.09. The van der Waals surface area contributed by atoms with Crippen LogP contribution in [0.2, 0.25) is 0 Å². The minimum atomic E-state index is -1.04. The molecule has 0 aromatic heterocycles. The Morgan fingerprint density at radius 2 is 1.37 bits per heavy atom. The molecule has 11 heteroatoms. The second-order valence-corrected chi connectivity index (χ2v) is 10.9. The van der Waals surface area contributed by atoms with Gasteiger partial charge in [-0.2, -0.15) is 0 Å². The van der Waals surface area contributed by atoms with Crippen molar-refractivity contribution in [2.45, 2.75) is 18.9 Å². The summed E-state index contributed by atoms with van der Waals surface area (Å²) in [6, 6.07) is 17.0. The zero-order valence-corrected chi connectivity index (χ0v) is 24.4. The topological polar surface area (TPSA) is 144 Å². The Labute approximate surface area is 263 Å². The number of piperazine rings is 1. The standard InChI is InChI=1S/C35H26N4O7/c40-29-17-16-28(31(41)36-29)39-33(43)26-6-3-7-27(30(26)34(39)44)37-18-20-38(21-19-37)32(42)24-12-8-22(9-13-24)4-1-2-5-23-10-14-25(15-11-23)35(45)46/h3,6-15,28H,16-21H2,(H,45,46)(H,36,40,41). The van der Waals surface area contributed by atoms with E-state index in [2.05, 4.69) is 29.0 Å². The van der Waals surface area contributed by atoms with Crippen LogP contribution in [0, 0.1) is 23.7 Å². The number of rotatable bonds is 4. The highest BCUT2D eigenvalue weighted by Gasteiger charge is 2.46. The summed E-state index contributed by atoms with van der Waals surface area (Å²) < 4.78 is 0. The predicted molar refractivity (Wildman–Crippen MR) is 165 cm³/mol. The van der Waals surface area contributed by atoms with Crippen LogP contribution in [-0.4, -0.2) is 82.6 Å². The first-order valence-electron chi connectivity index (χ1n) is 14.6. The SMILES string of the molecule is O=C1CCC(N2C(=O)c3cccc(N4CCN(C(=O)c5ccc(C#CC#Cc6ccc(C(=O)O)cc6)cc5)CC4)c3C2=O)C(=O)N1. The van der Waals surface area contributed by atoms with E-state index in [9.17, 15) is 28.8 Å². The Kier molecular flexibility index (Phi) is 8.06. The van der Waals surface area contributed by atoms with Crippen LogP contribution in [0.15, 0.2) is 66.7 Å². The number of hydrogen-bond donors (Lipinski definition) is 2. The first-order valence-corrected chi connectivity index (χ1v) is 14.6. The normalized spacial score (nSPS) is 17.4. The minimum absolute atomic E-state index is 0.0473. The molecule has 3 aromatic rings. The fraction of sp³-hybridized carbons (Fsp3) is 0.200. The Morgan fingerprint density at radius 1 is 0.761 bits per heavy atom. The number of carboxylic acid groups (broad SMARTS) is 1. The molecule has 0 spiro atoms. The molecule has 0 aliphatic carbocycles. The van der Waals surface area contributed by atoms with Crippen LogP contribution in [0.3, 0.4) is 0 Å². The molecule has 228 valence electrons. The molecule has 46 heavy (non-hydrogen) atoms. The highest BCUT2D eigenvalue weighted by Crippen LogP contribution is 2.34. The van der Waals surface area contributed by atoms with Crippen LogP contribution in [0.4, 0.5) is 5.69 Å². The lowest BCUT2D eigenvalue weighted by Gasteiger charge is -2.36. The summed E-state index contributed by atoms with van der Waals surface area (Å²) in [6.45, 7) is 1.66. The van der Waals surface area contributed by atoms with Gasteiger partial charge in [0.1, 0.15) is 6.04 Å². The van der Waals surface area contributed by atoms with Crippen LogP contribution in [-0.2, 0) is 9.59 Å². The Hall–Kier alpha value is -6.20. The second-order valence-electron chi connectivity index (χ2n) is 10.9. The van der Waals surface area contributed by atoms with Crippen LogP contribution < -0.4 is 10.2 Å². The molecule has 5 amide bonds. The first-order chi connectivity index (χ1) is 22.2. The predicted octanol–water partition coefficient (Wildman–Crippen LogP) is 2.15. The van der Waals surface area contributed by atoms with Crippen LogP contribution in [0.25, 0.3) is 0 Å². The van der Waals surface area contributed by atoms with Crippen molar-refractivity contribution >= 4 is 41.2 Å². The Balaban J connectivity index is 1.08. The van der Waals surface area contributed by atoms with E-state index in [4.69, 9.17) is 5.11 Å². The van der Waals surface area contributed by atoms with Crippen molar-refractivity contribution in [3.8, 4) is 23.7 Å². The van der Waals surface area contributed by atoms with Crippen LogP contribution in [0.1, 0.15) is 65.4 Å². The number of nitrogens with zero attached hydrogens (tertiary/aromatic N) is 3. The van der Waals surface area contributed by atoms with Crippen molar-refractivity contribution in [1.29, 1.82) is 0 Å². The molecular weight excluding hydrogens is 588 g/mol. The highest BCUT2D eigenvalue weighted by molar-refractivity contribution is 6.25. The maximum atomic E-state index is 13.5. The lowest BCUT2D eigenvalue weighted by Crippen LogP contribution is -2.54. The van der Waals surface area contributed by atoms with Gasteiger partial charge in [0.2, 0.25) is 11.8 Å². The van der Waals surface area contributed by atoms with Crippen molar-refractivity contribution in [3.63, 3.8) is 0 Å². The zero-order valence-electron chi connectivity index (χ0n) is 24.4. The van der Waals surface area contributed by atoms with Crippen molar-refractivity contribution < 1.29 is 33.9 Å². The van der Waals surface area contributed by atoms with Gasteiger partial charge in [-0.1, -0.05) is 17.9 Å². The molecule has 11 nitrogen and oxygen atoms in total. The average molecular weight is 615 g/mol. The molecule has 3 aliphatic rings. The van der Waals surface area contributed by atoms with E-state index in [0.717, 1.165) is 4.90 Å². The molecule has 3 aromatic carbocycles. The molecule has 0 bridgehead atoms. The lowest BCUT2D eigenvalue weighted by molar-refractivity contribution is -0.136. The highest BCUT2D eigenvalue weighted by atomic mass is 16.4. The third kappa shape index (κ3) is 5.82. The molecule has 2 saturated heterocycles. The minimum Gasteiger partial charge on any atom is -0.478 e. The van der Waals surface area contributed by atoms with Gasteiger partial charge < -0.3 is 14.9 Å². The maximum Gasteiger partial charge on any atom is 0.335 e. The molecule has 1 atom stereocenters. The Bertz CT molecular complexity index is 1920. The average Bonchev–Trinajstić information content (AvgIpc) is 3.32. The first kappa shape index (κ1) is 29.9. The summed E-state index contributed by atoms with van der Waals surface area (Å²) in [6.07, 6.45) is 0.131. The van der Waals surface area contributed by atoms with E-state index < -0.39 is 35.6 Å². The molecule has 0 radical (unpaired) electrons. The fourth-order valence-corrected chi connectivity index (χ4v) is 5.69. The summed E-state index contributed by atoms with van der Waals surface area (Å²) in [5, 5.41) is 11.2. The summed E-state index contributed by atoms with van der Waals surface area (Å²) in [7, 11) is 0. The van der Waals surface area contributed by atoms with Crippen molar-refractivity contribution in [3.05, 3.63) is 100 Å². The maximum absolute atomic E-state index is 13.5. The summed E-state index contributed by atoms with van der Waals surface area (Å²) in [5.74, 6) is 7.94. The van der Waals surface area contributed by atoms with E-state index in [1.807, 2.05) is 4.90 Å². The number of hydrogen-bond acceptors (Lipinski definition) is 7. The molecule has 2 N–H and O–H groups in total. The molecular formula is C35H26N4O7. The molecule has 0 saturated carbocycles. The van der Waals surface area contributed by atoms with E-state index in [1.165, 1.54) is 12.1 Å². The van der Waals surface area contributed by atoms with Crippen LogP contribution in [0.5, 0.6) is 0 Å². The van der Waals surface area contributed by atoms with Gasteiger partial charge in [-0.3, -0.25) is 34.2 Å². The van der Waals surface area contributed by atoms with Crippen molar-refractivity contribution in [2.24, 2.45) is 0 Å². The second kappa shape index (κ2) is 12.4. The van der Waals surface area contributed by atoms with E-state index in [1.54, 1.807) is 59.5 Å². The zero-order chi connectivity index (χ0) is 32.4. The molecule has 2 fully saturated rings. The molecule has 3 heterocycles. The third-order valence-electron chi connectivity index (χ3n) is 8.09. The van der Waals surface area contributed by atoms with Gasteiger partial charge in [0.05, 0.1) is 22.4 Å². The number of carboxylic acids is 1. The molecule has 1 unspecified atom stereocenters. The van der Waals surface area contributed by atoms with E-state index >= 15 is 0 Å². The summed E-state index contributed by atoms with van der Waals surface area (Å²) in [5.41, 5.74) is 3.03. The van der Waals surface area contributed by atoms with E-state index in [-0.39, 0.29) is 35.4 Å². The number of anilines is 1. The van der Waals surface area contributed by atoms with Gasteiger partial charge in [-0.15, -0.1) is 0 Å². The van der Waals surface area contributed by atoms with Crippen molar-refractivity contribution in [1.82, 2.24) is 15.1 Å². The number of nitrogens with one attached hydrogen (secondary N) is 1. The van der Waals surface area contributed by atoms with Gasteiger partial charge in [0.25, 0.3) is 17.7 Å². The monoisotopic (exact) mass is 614 g/mol. The summed E-state index contributed by atoms with van der Waals surface area (Å²) >= 11 is 0. The number of aromatic carboxylic acids is 1. The van der Waals surface area contributed by atoms with Gasteiger partial charge in [0, 0.05) is 49.3 Å². The smallest absolute Gasteiger partial charge is 0.335 e. The summed E-state index contributed by atoms with van der Waals surface area (Å²) in [4.78, 5) is 79.5. The Morgan fingerprint density at radius 3 is 1.96 bits per heavy atom. The number of imide groups is 2. The van der Waals surface area contributed by atoms with Gasteiger partial charge in [-0.25, -0.2) is 4.79 Å². The lowest BCUT2D eigenvalue weighted by atomic mass is 10.0. The quantitative estimate of drug-likeness (QED) is 0.336. The van der Waals surface area contributed by atoms with Gasteiger partial charge in [0.15, 0.2) is 0 Å².